The summed E-state index contributed by atoms with van der Waals surface area (Å²) in [6.45, 7) is 1.60. The number of hydrogen-bond donors (Lipinski definition) is 0. The van der Waals surface area contributed by atoms with Gasteiger partial charge in [0.2, 0.25) is 4.99 Å². The molecule has 2 heterocycles. The molecule has 0 radical (unpaired) electrons. The highest BCUT2D eigenvalue weighted by atomic mass is 32.2. The lowest BCUT2D eigenvalue weighted by molar-refractivity contribution is -0.110. The van der Waals surface area contributed by atoms with Crippen LogP contribution in [0.2, 0.25) is 0 Å². The largest absolute Gasteiger partial charge is 0.316 e. The number of para-hydroxylation sites is 2. The molecular weight excluding hydrogens is 510 g/mol. The summed E-state index contributed by atoms with van der Waals surface area (Å²) >= 11 is 1.52. The number of rotatable bonds is 5. The van der Waals surface area contributed by atoms with Crippen LogP contribution in [0.4, 0.5) is 11.4 Å². The third-order valence-electron chi connectivity index (χ3n) is 7.72. The first-order valence-electron chi connectivity index (χ1n) is 13.4. The number of thioether (sulfide) groups is 1. The van der Waals surface area contributed by atoms with Gasteiger partial charge in [-0.05, 0) is 52.7 Å². The fourth-order valence-electron chi connectivity index (χ4n) is 6.20. The van der Waals surface area contributed by atoms with Crippen LogP contribution in [0.5, 0.6) is 0 Å². The molecule has 1 spiro atoms. The molecule has 0 N–H and O–H groups in total. The molecule has 0 bridgehead atoms. The van der Waals surface area contributed by atoms with Crippen molar-refractivity contribution in [2.24, 2.45) is 5.10 Å². The molecular formula is C35H27N3OS. The van der Waals surface area contributed by atoms with Crippen molar-refractivity contribution in [2.45, 2.75) is 17.5 Å². The van der Waals surface area contributed by atoms with Crippen molar-refractivity contribution < 1.29 is 4.79 Å². The number of Topliss-reactive ketones (excluding diaryl/α,β-unsaturated/α-hetero) is 1. The van der Waals surface area contributed by atoms with Gasteiger partial charge in [0.15, 0.2) is 10.8 Å². The Morgan fingerprint density at radius 3 is 1.57 bits per heavy atom. The van der Waals surface area contributed by atoms with Crippen LogP contribution in [0.15, 0.2) is 151 Å². The number of anilines is 2. The summed E-state index contributed by atoms with van der Waals surface area (Å²) in [6.07, 6.45) is 0. The third kappa shape index (κ3) is 3.41. The van der Waals surface area contributed by atoms with Gasteiger partial charge in [-0.3, -0.25) is 4.79 Å². The number of fused-ring (bicyclic) bond motifs is 2. The van der Waals surface area contributed by atoms with Crippen LogP contribution < -0.4 is 9.91 Å². The summed E-state index contributed by atoms with van der Waals surface area (Å²) in [6, 6.07) is 50.6. The van der Waals surface area contributed by atoms with Crippen LogP contribution in [0.25, 0.3) is 0 Å². The molecule has 5 aromatic carbocycles. The first kappa shape index (κ1) is 24.4. The van der Waals surface area contributed by atoms with Crippen LogP contribution in [-0.4, -0.2) is 10.8 Å². The van der Waals surface area contributed by atoms with E-state index in [4.69, 9.17) is 5.10 Å². The van der Waals surface area contributed by atoms with Crippen LogP contribution in [0, 0.1) is 0 Å². The quantitative estimate of drug-likeness (QED) is 0.230. The van der Waals surface area contributed by atoms with Gasteiger partial charge in [0.1, 0.15) is 5.54 Å². The Kier molecular flexibility index (Phi) is 5.83. The van der Waals surface area contributed by atoms with Gasteiger partial charge in [-0.2, -0.15) is 5.10 Å². The predicted octanol–water partition coefficient (Wildman–Crippen LogP) is 7.76. The van der Waals surface area contributed by atoms with E-state index in [2.05, 4.69) is 126 Å². The molecule has 4 nitrogen and oxygen atoms in total. The molecule has 0 saturated heterocycles. The zero-order valence-corrected chi connectivity index (χ0v) is 22.8. The van der Waals surface area contributed by atoms with Crippen LogP contribution in [0.1, 0.15) is 29.2 Å². The highest BCUT2D eigenvalue weighted by molar-refractivity contribution is 8.17. The third-order valence-corrected chi connectivity index (χ3v) is 9.15. The minimum atomic E-state index is -0.883. The van der Waals surface area contributed by atoms with Crippen LogP contribution >= 0.6 is 11.8 Å². The smallest absolute Gasteiger partial charge is 0.216 e. The molecule has 194 valence electrons. The van der Waals surface area contributed by atoms with Gasteiger partial charge in [-0.25, -0.2) is 5.01 Å². The van der Waals surface area contributed by atoms with Crippen molar-refractivity contribution in [1.29, 1.82) is 0 Å². The Morgan fingerprint density at radius 2 is 1.05 bits per heavy atom. The minimum absolute atomic E-state index is 0.0507. The number of benzene rings is 5. The second-order valence-corrected chi connectivity index (χ2v) is 11.1. The van der Waals surface area contributed by atoms with Crippen LogP contribution in [0.3, 0.4) is 0 Å². The SMILES string of the molecule is CC(=O)C1=NN(c2ccccc2)C2(S1)c1ccccc1C(c1ccccc1)(c1ccccc1)N2c1ccccc1. The number of hydrazone groups is 1. The van der Waals surface area contributed by atoms with E-state index < -0.39 is 10.5 Å². The maximum Gasteiger partial charge on any atom is 0.216 e. The average Bonchev–Trinajstić information content (AvgIpc) is 3.54. The van der Waals surface area contributed by atoms with Crippen molar-refractivity contribution in [3.05, 3.63) is 168 Å². The van der Waals surface area contributed by atoms with Crippen LogP contribution in [-0.2, 0) is 15.3 Å². The molecule has 1 unspecified atom stereocenters. The Hall–Kier alpha value is -4.61. The molecule has 7 rings (SSSR count). The normalized spacial score (nSPS) is 19.0. The van der Waals surface area contributed by atoms with E-state index in [9.17, 15) is 4.79 Å². The zero-order valence-electron chi connectivity index (χ0n) is 22.0. The van der Waals surface area contributed by atoms with Gasteiger partial charge in [0.05, 0.1) is 5.69 Å². The summed E-state index contributed by atoms with van der Waals surface area (Å²) in [5.74, 6) is -0.0507. The first-order valence-corrected chi connectivity index (χ1v) is 14.2. The van der Waals surface area contributed by atoms with E-state index in [1.54, 1.807) is 6.92 Å². The Labute approximate surface area is 238 Å². The molecule has 5 heteroatoms. The second kappa shape index (κ2) is 9.54. The zero-order chi connectivity index (χ0) is 27.2. The second-order valence-electron chi connectivity index (χ2n) is 9.98. The summed E-state index contributed by atoms with van der Waals surface area (Å²) in [7, 11) is 0. The standard InChI is InChI=1S/C35H27N3OS/c1-26(39)33-36-38(30-22-12-5-13-23-30)35(40-33)32-25-15-14-24-31(32)34(27-16-6-2-7-17-27,28-18-8-3-9-19-28)37(35)29-20-10-4-11-21-29/h2-25H,1H3. The maximum absolute atomic E-state index is 13.0. The topological polar surface area (TPSA) is 35.9 Å². The van der Waals surface area contributed by atoms with Gasteiger partial charge in [-0.15, -0.1) is 0 Å². The molecule has 0 aliphatic carbocycles. The van der Waals surface area contributed by atoms with E-state index in [0.29, 0.717) is 5.04 Å². The lowest BCUT2D eigenvalue weighted by Gasteiger charge is -2.50. The molecule has 1 atom stereocenters. The van der Waals surface area contributed by atoms with E-state index in [-0.39, 0.29) is 5.78 Å². The monoisotopic (exact) mass is 537 g/mol. The molecule has 0 aromatic heterocycles. The average molecular weight is 538 g/mol. The summed E-state index contributed by atoms with van der Waals surface area (Å²) in [5, 5.41) is 7.57. The summed E-state index contributed by atoms with van der Waals surface area (Å²) < 4.78 is 0. The van der Waals surface area contributed by atoms with E-state index in [1.807, 2.05) is 29.3 Å². The van der Waals surface area contributed by atoms with Crippen molar-refractivity contribution >= 4 is 34.0 Å². The van der Waals surface area contributed by atoms with Gasteiger partial charge in [0, 0.05) is 18.2 Å². The van der Waals surface area contributed by atoms with E-state index >= 15 is 0 Å². The predicted molar refractivity (Wildman–Crippen MR) is 164 cm³/mol. The first-order chi connectivity index (χ1) is 19.7. The van der Waals surface area contributed by atoms with Crippen molar-refractivity contribution in [2.75, 3.05) is 9.91 Å². The van der Waals surface area contributed by atoms with Gasteiger partial charge in [0.25, 0.3) is 0 Å². The van der Waals surface area contributed by atoms with E-state index in [0.717, 1.165) is 33.6 Å². The molecule has 0 saturated carbocycles. The Morgan fingerprint density at radius 1 is 0.600 bits per heavy atom. The fraction of sp³-hybridized carbons (Fsp3) is 0.0857. The molecule has 0 fully saturated rings. The molecule has 2 aliphatic rings. The lowest BCUT2D eigenvalue weighted by Crippen LogP contribution is -2.57. The van der Waals surface area contributed by atoms with Crippen molar-refractivity contribution in [1.82, 2.24) is 0 Å². The highest BCUT2D eigenvalue weighted by Gasteiger charge is 2.66. The minimum Gasteiger partial charge on any atom is -0.316 e. The number of ketones is 1. The Bertz CT molecular complexity index is 1670. The number of hydrogen-bond acceptors (Lipinski definition) is 5. The van der Waals surface area contributed by atoms with Crippen molar-refractivity contribution in [3.8, 4) is 0 Å². The number of nitrogens with zero attached hydrogens (tertiary/aromatic N) is 3. The highest BCUT2D eigenvalue weighted by Crippen LogP contribution is 2.65. The van der Waals surface area contributed by atoms with Gasteiger partial charge >= 0.3 is 0 Å². The molecule has 0 amide bonds. The lowest BCUT2D eigenvalue weighted by atomic mass is 9.77. The fourth-order valence-corrected chi connectivity index (χ4v) is 7.59. The van der Waals surface area contributed by atoms with Gasteiger partial charge < -0.3 is 4.90 Å². The molecule has 5 aromatic rings. The van der Waals surface area contributed by atoms with Gasteiger partial charge in [-0.1, -0.05) is 121 Å². The number of carbonyl (C=O) groups is 1. The Balaban J connectivity index is 1.66. The molecule has 40 heavy (non-hydrogen) atoms. The summed E-state index contributed by atoms with van der Waals surface area (Å²) in [5.41, 5.74) is 5.75. The summed E-state index contributed by atoms with van der Waals surface area (Å²) in [4.78, 5) is 14.6. The number of carbonyl (C=O) groups excluding carboxylic acids is 1. The molecule has 2 aliphatic heterocycles. The van der Waals surface area contributed by atoms with E-state index in [1.165, 1.54) is 11.8 Å². The van der Waals surface area contributed by atoms with Crippen molar-refractivity contribution in [3.63, 3.8) is 0 Å². The maximum atomic E-state index is 13.0.